The van der Waals surface area contributed by atoms with Crippen LogP contribution in [0.3, 0.4) is 0 Å². The molecule has 1 aliphatic rings. The van der Waals surface area contributed by atoms with Gasteiger partial charge in [-0.05, 0) is 38.1 Å². The number of imidazole rings is 1. The Morgan fingerprint density at radius 2 is 1.85 bits per heavy atom. The van der Waals surface area contributed by atoms with Crippen LogP contribution >= 0.6 is 0 Å². The fourth-order valence-corrected chi connectivity index (χ4v) is 6.30. The van der Waals surface area contributed by atoms with Gasteiger partial charge >= 0.3 is 0 Å². The standard InChI is InChI=1S/C27H36N8O4S/c1-5-7-21-24-25(35(31-21)18-23-28-10-11-33(23)4)27(36)30-26(29-24)20-17-19(8-9-22(20)39-16-6-2)40(37,38)34-14-12-32(3)13-15-34/h8-11,17H,5-7,12-16,18H2,1-4H3,(H,29,30,36). The predicted octanol–water partition coefficient (Wildman–Crippen LogP) is 2.25. The highest BCUT2D eigenvalue weighted by Crippen LogP contribution is 2.32. The Morgan fingerprint density at radius 3 is 2.52 bits per heavy atom. The van der Waals surface area contributed by atoms with Crippen molar-refractivity contribution < 1.29 is 13.2 Å². The van der Waals surface area contributed by atoms with Gasteiger partial charge in [-0.1, -0.05) is 20.3 Å². The summed E-state index contributed by atoms with van der Waals surface area (Å²) in [5, 5.41) is 4.73. The van der Waals surface area contributed by atoms with Crippen molar-refractivity contribution in [3.05, 3.63) is 52.5 Å². The maximum atomic E-state index is 13.6. The van der Waals surface area contributed by atoms with Crippen molar-refractivity contribution in [2.45, 2.75) is 44.6 Å². The van der Waals surface area contributed by atoms with Gasteiger partial charge in [-0.15, -0.1) is 0 Å². The third kappa shape index (κ3) is 5.40. The average molecular weight is 569 g/mol. The lowest BCUT2D eigenvalue weighted by molar-refractivity contribution is 0.222. The van der Waals surface area contributed by atoms with Gasteiger partial charge in [0.25, 0.3) is 5.56 Å². The molecule has 1 aliphatic heterocycles. The van der Waals surface area contributed by atoms with E-state index in [1.165, 1.54) is 4.31 Å². The number of piperazine rings is 1. The van der Waals surface area contributed by atoms with Gasteiger partial charge in [0, 0.05) is 45.6 Å². The van der Waals surface area contributed by atoms with Crippen LogP contribution in [0.2, 0.25) is 0 Å². The number of hydrogen-bond acceptors (Lipinski definition) is 8. The van der Waals surface area contributed by atoms with Crippen LogP contribution in [0.5, 0.6) is 5.75 Å². The molecule has 13 heteroatoms. The number of sulfonamides is 1. The lowest BCUT2D eigenvalue weighted by atomic mass is 10.1. The number of aryl methyl sites for hydroxylation is 2. The van der Waals surface area contributed by atoms with E-state index in [4.69, 9.17) is 14.8 Å². The van der Waals surface area contributed by atoms with Gasteiger partial charge in [-0.2, -0.15) is 9.40 Å². The van der Waals surface area contributed by atoms with Crippen molar-refractivity contribution in [3.8, 4) is 17.1 Å². The molecule has 12 nitrogen and oxygen atoms in total. The molecule has 0 bridgehead atoms. The Labute approximate surface area is 233 Å². The van der Waals surface area contributed by atoms with Crippen LogP contribution in [0.4, 0.5) is 0 Å². The molecule has 0 spiro atoms. The number of benzene rings is 1. The average Bonchev–Trinajstić information content (AvgIpc) is 3.50. The van der Waals surface area contributed by atoms with Crippen molar-refractivity contribution in [1.82, 2.24) is 38.5 Å². The monoisotopic (exact) mass is 568 g/mol. The number of rotatable bonds is 10. The number of nitrogens with zero attached hydrogens (tertiary/aromatic N) is 7. The summed E-state index contributed by atoms with van der Waals surface area (Å²) in [6.07, 6.45) is 5.77. The minimum absolute atomic E-state index is 0.137. The van der Waals surface area contributed by atoms with Crippen LogP contribution in [0.1, 0.15) is 38.2 Å². The summed E-state index contributed by atoms with van der Waals surface area (Å²) in [6, 6.07) is 4.77. The van der Waals surface area contributed by atoms with Crippen LogP contribution in [0, 0.1) is 0 Å². The molecule has 0 unspecified atom stereocenters. The summed E-state index contributed by atoms with van der Waals surface area (Å²) in [5.41, 5.74) is 1.60. The molecule has 0 atom stereocenters. The Bertz CT molecular complexity index is 1670. The van der Waals surface area contributed by atoms with E-state index in [9.17, 15) is 13.2 Å². The number of nitrogens with one attached hydrogen (secondary N) is 1. The fourth-order valence-electron chi connectivity index (χ4n) is 4.85. The zero-order valence-electron chi connectivity index (χ0n) is 23.4. The van der Waals surface area contributed by atoms with E-state index < -0.39 is 10.0 Å². The second-order valence-corrected chi connectivity index (χ2v) is 12.1. The van der Waals surface area contributed by atoms with Crippen LogP contribution in [0.25, 0.3) is 22.4 Å². The number of likely N-dealkylation sites (N-methyl/N-ethyl adjacent to an activating group) is 1. The predicted molar refractivity (Wildman–Crippen MR) is 152 cm³/mol. The van der Waals surface area contributed by atoms with E-state index in [0.717, 1.165) is 18.7 Å². The highest BCUT2D eigenvalue weighted by Gasteiger charge is 2.29. The Kier molecular flexibility index (Phi) is 8.06. The number of fused-ring (bicyclic) bond motifs is 1. The lowest BCUT2D eigenvalue weighted by Crippen LogP contribution is -2.47. The molecule has 0 amide bonds. The first-order valence-corrected chi connectivity index (χ1v) is 15.1. The Morgan fingerprint density at radius 1 is 1.07 bits per heavy atom. The van der Waals surface area contributed by atoms with Crippen molar-refractivity contribution in [1.29, 1.82) is 0 Å². The largest absolute Gasteiger partial charge is 0.493 e. The van der Waals surface area contributed by atoms with Gasteiger partial charge in [-0.3, -0.25) is 4.79 Å². The molecule has 1 N–H and O–H groups in total. The molecule has 214 valence electrons. The molecular weight excluding hydrogens is 532 g/mol. The molecule has 3 aromatic heterocycles. The Balaban J connectivity index is 1.63. The number of ether oxygens (including phenoxy) is 1. The topological polar surface area (TPSA) is 131 Å². The lowest BCUT2D eigenvalue weighted by Gasteiger charge is -2.31. The van der Waals surface area contributed by atoms with Gasteiger partial charge in [0.05, 0.1) is 22.8 Å². The van der Waals surface area contributed by atoms with Crippen LogP contribution in [-0.4, -0.2) is 86.8 Å². The van der Waals surface area contributed by atoms with Gasteiger partial charge in [-0.25, -0.2) is 23.1 Å². The van der Waals surface area contributed by atoms with Gasteiger partial charge in [0.15, 0.2) is 5.52 Å². The van der Waals surface area contributed by atoms with E-state index >= 15 is 0 Å². The minimum atomic E-state index is -3.75. The smallest absolute Gasteiger partial charge is 0.277 e. The van der Waals surface area contributed by atoms with Gasteiger partial charge in [0.2, 0.25) is 10.0 Å². The van der Waals surface area contributed by atoms with E-state index in [1.54, 1.807) is 29.1 Å². The fraction of sp³-hybridized carbons (Fsp3) is 0.481. The quantitative estimate of drug-likeness (QED) is 0.308. The van der Waals surface area contributed by atoms with Crippen molar-refractivity contribution >= 4 is 21.1 Å². The molecule has 1 saturated heterocycles. The zero-order valence-corrected chi connectivity index (χ0v) is 24.2. The molecule has 0 radical (unpaired) electrons. The van der Waals surface area contributed by atoms with E-state index in [-0.39, 0.29) is 16.3 Å². The van der Waals surface area contributed by atoms with E-state index in [0.29, 0.717) is 73.8 Å². The van der Waals surface area contributed by atoms with Crippen LogP contribution in [0.15, 0.2) is 40.3 Å². The summed E-state index contributed by atoms with van der Waals surface area (Å²) < 4.78 is 38.1. The summed E-state index contributed by atoms with van der Waals surface area (Å²) in [7, 11) is 0.123. The summed E-state index contributed by atoms with van der Waals surface area (Å²) in [5.74, 6) is 1.46. The zero-order chi connectivity index (χ0) is 28.4. The SMILES string of the molecule is CCCOc1ccc(S(=O)(=O)N2CCN(C)CC2)cc1-c1nc2c(CCC)nn(Cc3nccn3C)c2c(=O)[nH]1. The third-order valence-electron chi connectivity index (χ3n) is 7.13. The maximum Gasteiger partial charge on any atom is 0.277 e. The normalized spacial score (nSPS) is 15.2. The molecule has 1 aromatic carbocycles. The third-order valence-corrected chi connectivity index (χ3v) is 9.03. The van der Waals surface area contributed by atoms with Crippen molar-refractivity contribution in [3.63, 3.8) is 0 Å². The molecule has 4 aromatic rings. The summed E-state index contributed by atoms with van der Waals surface area (Å²) in [4.78, 5) is 27.9. The number of aromatic nitrogens is 6. The first kappa shape index (κ1) is 28.0. The van der Waals surface area contributed by atoms with E-state index in [2.05, 4.69) is 14.9 Å². The van der Waals surface area contributed by atoms with Gasteiger partial charge in [0.1, 0.15) is 29.5 Å². The molecular formula is C27H36N8O4S. The second-order valence-electron chi connectivity index (χ2n) is 10.1. The highest BCUT2D eigenvalue weighted by atomic mass is 32.2. The number of H-pyrrole nitrogens is 1. The number of aromatic amines is 1. The van der Waals surface area contributed by atoms with Gasteiger partial charge < -0.3 is 19.2 Å². The van der Waals surface area contributed by atoms with Crippen LogP contribution < -0.4 is 10.3 Å². The van der Waals surface area contributed by atoms with Crippen molar-refractivity contribution in [2.24, 2.45) is 7.05 Å². The molecule has 40 heavy (non-hydrogen) atoms. The molecule has 1 fully saturated rings. The molecule has 0 saturated carbocycles. The molecule has 5 rings (SSSR count). The molecule has 0 aliphatic carbocycles. The Hall–Kier alpha value is -3.55. The first-order valence-electron chi connectivity index (χ1n) is 13.6. The highest BCUT2D eigenvalue weighted by molar-refractivity contribution is 7.89. The van der Waals surface area contributed by atoms with Crippen LogP contribution in [-0.2, 0) is 30.0 Å². The first-order chi connectivity index (χ1) is 19.2. The summed E-state index contributed by atoms with van der Waals surface area (Å²) >= 11 is 0. The summed E-state index contributed by atoms with van der Waals surface area (Å²) in [6.45, 7) is 6.95. The van der Waals surface area contributed by atoms with E-state index in [1.807, 2.05) is 38.7 Å². The maximum absolute atomic E-state index is 13.6. The molecule has 4 heterocycles. The minimum Gasteiger partial charge on any atom is -0.493 e. The van der Waals surface area contributed by atoms with Crippen molar-refractivity contribution in [2.75, 3.05) is 39.8 Å². The number of hydrogen-bond donors (Lipinski definition) is 1. The second kappa shape index (κ2) is 11.5.